The van der Waals surface area contributed by atoms with Crippen LogP contribution in [0, 0.1) is 29.6 Å². The highest BCUT2D eigenvalue weighted by Crippen LogP contribution is 2.28. The number of nitrogens with one attached hydrogen (secondary N) is 10. The molecule has 1 aliphatic heterocycles. The first-order valence-electron chi connectivity index (χ1n) is 34.2. The lowest BCUT2D eigenvalue weighted by molar-refractivity contribution is -0.193. The van der Waals surface area contributed by atoms with Gasteiger partial charge in [0.2, 0.25) is 65.0 Å². The fraction of sp³-hybridized carbons (Fsp3) is 0.677. The Morgan fingerprint density at radius 3 is 1.62 bits per heavy atom. The lowest BCUT2D eigenvalue weighted by atomic mass is 9.85. The third-order valence-corrected chi connectivity index (χ3v) is 16.5. The Morgan fingerprint density at radius 2 is 1.13 bits per heavy atom. The zero-order chi connectivity index (χ0) is 82.1. The summed E-state index contributed by atoms with van der Waals surface area (Å²) >= 11 is 0. The molecule has 0 bridgehead atoms. The van der Waals surface area contributed by atoms with Crippen LogP contribution < -0.4 is 76.1 Å². The van der Waals surface area contributed by atoms with Crippen molar-refractivity contribution < 1.29 is 129 Å². The number of carboxylic acid groups (broad SMARTS) is 2. The molecule has 0 radical (unpaired) electrons. The van der Waals surface area contributed by atoms with E-state index in [1.807, 2.05) is 10.6 Å². The molecular formula is C65H103F6N15O21. The van der Waals surface area contributed by atoms with Gasteiger partial charge in [-0.1, -0.05) is 124 Å². The number of rotatable bonds is 23. The Balaban J connectivity index is 0.00000369. The molecule has 2 fully saturated rings. The molecule has 1 saturated carbocycles. The standard InChI is InChI=1S/C61H101N15O17.2C2HF3O2/c1-10-32(8)42-56(88)74-43(33(9)78)55(87)67-27-41(79)72-45(48(81)50(63)82)58(90)71-40(28-77)60(92)93-49(35-20-15-12-16-21-35)46(76-54(86)39(25-30(4)5)69-51(83)36(62)26-34-18-13-11-14-19-34)59(91)75-44(47(80)31(6)7)57(89)70-38(24-29(2)3)53(85)68-37(52(84)73-42)22-17-23-66-61(64)65;2*3-2(4,5)1(6)7/h12,15-16,20-21,29-34,36-40,42-49,77-78,80-81H,10-11,13-14,17-19,22-28,62H2,1-9H3,(H2,63,82)(H,67,87)(H,68,85)(H,69,83)(H,70,89)(H,71,90)(H,72,79)(H,73,84)(H,74,88)(H,75,91)(H,76,86)(H4,64,65,66);2*(H,6,7)/t32-,33-,36+,37+,38-,39-,40-,42-,43-,44-,45-,46-,47+,48-,49+;;/m0../s1. The zero-order valence-corrected chi connectivity index (χ0v) is 60.6. The molecular weight excluding hydrogens is 1440 g/mol. The number of aliphatic imine (C=N–C) groups is 1. The highest BCUT2D eigenvalue weighted by molar-refractivity contribution is 6.00. The maximum absolute atomic E-state index is 15.4. The summed E-state index contributed by atoms with van der Waals surface area (Å²) in [4.78, 5) is 193. The van der Waals surface area contributed by atoms with E-state index in [0.29, 0.717) is 6.42 Å². The SMILES string of the molecule is CC[C@H](C)[C@@H]1NC(=O)[C@@H](CCCN=C(N)N)NC(=O)[C@H](CC(C)C)NC(=O)[C@H]([C@H](O)C(C)C)NC(=O)[C@@H](NC(=O)[C@H](CC(C)C)NC(=O)[C@H](N)CC2CCCCC2)[C@@H](c2ccccc2)OC(=O)[C@H](CO)NC(=O)[C@H]([C@H](O)C(N)=O)NC(=O)CNC(=O)[C@H]([C@H](C)O)NC1=O.O=C(O)C(F)(F)F.O=C(O)C(F)(F)F. The van der Waals surface area contributed by atoms with Crippen LogP contribution in [-0.4, -0.2) is 230 Å². The van der Waals surface area contributed by atoms with Gasteiger partial charge in [0.05, 0.1) is 31.4 Å². The van der Waals surface area contributed by atoms with E-state index >= 15 is 4.79 Å². The molecule has 24 N–H and O–H groups in total. The lowest BCUT2D eigenvalue weighted by Crippen LogP contribution is -2.64. The monoisotopic (exact) mass is 1540 g/mol. The molecule has 0 spiro atoms. The number of guanidine groups is 1. The molecule has 606 valence electrons. The highest BCUT2D eigenvalue weighted by atomic mass is 19.4. The van der Waals surface area contributed by atoms with E-state index in [0.717, 1.165) is 39.0 Å². The van der Waals surface area contributed by atoms with Crippen molar-refractivity contribution in [2.45, 2.75) is 230 Å². The molecule has 0 aromatic heterocycles. The largest absolute Gasteiger partial charge is 0.490 e. The Hall–Kier alpha value is -9.55. The topological polar surface area (TPSA) is 606 Å². The summed E-state index contributed by atoms with van der Waals surface area (Å²) in [5, 5.41) is 82.7. The number of benzene rings is 1. The fourth-order valence-electron chi connectivity index (χ4n) is 10.5. The molecule has 1 aromatic carbocycles. The van der Waals surface area contributed by atoms with Crippen molar-refractivity contribution in [3.8, 4) is 0 Å². The van der Waals surface area contributed by atoms with Crippen molar-refractivity contribution in [3.05, 3.63) is 35.9 Å². The normalized spacial score (nSPS) is 23.6. The summed E-state index contributed by atoms with van der Waals surface area (Å²) in [5.41, 5.74) is 22.9. The van der Waals surface area contributed by atoms with Gasteiger partial charge in [-0.3, -0.25) is 57.7 Å². The van der Waals surface area contributed by atoms with Gasteiger partial charge in [-0.2, -0.15) is 26.3 Å². The smallest absolute Gasteiger partial charge is 0.475 e. The minimum absolute atomic E-state index is 0.0456. The van der Waals surface area contributed by atoms with Crippen LogP contribution in [0.15, 0.2) is 35.3 Å². The molecule has 1 heterocycles. The van der Waals surface area contributed by atoms with Gasteiger partial charge in [-0.05, 0) is 74.2 Å². The predicted molar refractivity (Wildman–Crippen MR) is 365 cm³/mol. The van der Waals surface area contributed by atoms with E-state index in [1.54, 1.807) is 41.5 Å². The summed E-state index contributed by atoms with van der Waals surface area (Å²) < 4.78 is 69.4. The molecule has 15 atom stereocenters. The fourth-order valence-corrected chi connectivity index (χ4v) is 10.5. The summed E-state index contributed by atoms with van der Waals surface area (Å²) in [7, 11) is 0. The van der Waals surface area contributed by atoms with Gasteiger partial charge in [-0.15, -0.1) is 0 Å². The first kappa shape index (κ1) is 95.5. The van der Waals surface area contributed by atoms with E-state index in [4.69, 9.17) is 47.5 Å². The number of carboxylic acids is 2. The first-order valence-corrected chi connectivity index (χ1v) is 34.2. The molecule has 1 aliphatic carbocycles. The molecule has 1 aromatic rings. The quantitative estimate of drug-likeness (QED) is 0.0168. The van der Waals surface area contributed by atoms with Crippen LogP contribution in [0.3, 0.4) is 0 Å². The third-order valence-electron chi connectivity index (χ3n) is 16.5. The average molecular weight is 1540 g/mol. The van der Waals surface area contributed by atoms with Crippen LogP contribution in [0.25, 0.3) is 0 Å². The van der Waals surface area contributed by atoms with E-state index in [9.17, 15) is 99.5 Å². The van der Waals surface area contributed by atoms with Crippen molar-refractivity contribution in [2.75, 3.05) is 19.7 Å². The van der Waals surface area contributed by atoms with Gasteiger partial charge in [0.15, 0.2) is 24.2 Å². The van der Waals surface area contributed by atoms with Gasteiger partial charge in [0.25, 0.3) is 0 Å². The molecule has 3 rings (SSSR count). The molecule has 2 aliphatic rings. The highest BCUT2D eigenvalue weighted by Gasteiger charge is 2.45. The maximum Gasteiger partial charge on any atom is 0.490 e. The number of carbonyl (C=O) groups excluding carboxylic acids is 12. The molecule has 1 saturated heterocycles. The first-order chi connectivity index (χ1) is 49.6. The molecule has 0 unspecified atom stereocenters. The Morgan fingerprint density at radius 1 is 0.626 bits per heavy atom. The molecule has 36 nitrogen and oxygen atoms in total. The number of primary amides is 1. The predicted octanol–water partition coefficient (Wildman–Crippen LogP) is -3.24. The lowest BCUT2D eigenvalue weighted by Gasteiger charge is -2.34. The summed E-state index contributed by atoms with van der Waals surface area (Å²) in [6.45, 7) is 11.8. The van der Waals surface area contributed by atoms with Crippen LogP contribution in [-0.2, 0) is 71.9 Å². The van der Waals surface area contributed by atoms with Crippen molar-refractivity contribution in [1.29, 1.82) is 0 Å². The second kappa shape index (κ2) is 45.8. The van der Waals surface area contributed by atoms with Crippen LogP contribution in [0.5, 0.6) is 0 Å². The number of aliphatic hydroxyl groups is 4. The number of cyclic esters (lactones) is 1. The van der Waals surface area contributed by atoms with E-state index < -0.39 is 205 Å². The van der Waals surface area contributed by atoms with Crippen LogP contribution in [0.1, 0.15) is 145 Å². The summed E-state index contributed by atoms with van der Waals surface area (Å²) in [5.74, 6) is -22.4. The second-order valence-electron chi connectivity index (χ2n) is 26.8. The number of nitrogens with zero attached hydrogens (tertiary/aromatic N) is 1. The minimum atomic E-state index is -5.08. The Bertz CT molecular complexity index is 3160. The Labute approximate surface area is 612 Å². The van der Waals surface area contributed by atoms with Crippen LogP contribution in [0.4, 0.5) is 26.3 Å². The van der Waals surface area contributed by atoms with Gasteiger partial charge in [0.1, 0.15) is 48.3 Å². The van der Waals surface area contributed by atoms with Crippen molar-refractivity contribution in [3.63, 3.8) is 0 Å². The van der Waals surface area contributed by atoms with E-state index in [2.05, 4.69) is 47.5 Å². The van der Waals surface area contributed by atoms with Crippen LogP contribution in [0.2, 0.25) is 0 Å². The zero-order valence-electron chi connectivity index (χ0n) is 60.6. The number of alkyl halides is 6. The minimum Gasteiger partial charge on any atom is -0.475 e. The number of hydrogen-bond donors (Lipinski definition) is 20. The number of halogens is 6. The third kappa shape index (κ3) is 34.3. The number of aliphatic hydroxyl groups excluding tert-OH is 4. The Kier molecular flexibility index (Phi) is 40.9. The number of aliphatic carboxylic acids is 2. The van der Waals surface area contributed by atoms with E-state index in [1.165, 1.54) is 44.2 Å². The van der Waals surface area contributed by atoms with E-state index in [-0.39, 0.29) is 67.9 Å². The number of carbonyl (C=O) groups is 14. The van der Waals surface area contributed by atoms with Crippen LogP contribution >= 0.6 is 0 Å². The van der Waals surface area contributed by atoms with Gasteiger partial charge in [0, 0.05) is 6.54 Å². The molecule has 11 amide bonds. The average Bonchev–Trinajstić information content (AvgIpc) is 0.814. The molecule has 42 heteroatoms. The number of ether oxygens (including phenoxy) is 1. The van der Waals surface area contributed by atoms with Gasteiger partial charge < -0.3 is 111 Å². The number of amides is 11. The van der Waals surface area contributed by atoms with Crippen molar-refractivity contribution in [2.24, 2.45) is 57.5 Å². The van der Waals surface area contributed by atoms with Gasteiger partial charge in [-0.25, -0.2) is 14.4 Å². The second-order valence-corrected chi connectivity index (χ2v) is 26.8. The summed E-state index contributed by atoms with van der Waals surface area (Å²) in [6, 6.07) is -10.6. The molecule has 107 heavy (non-hydrogen) atoms. The maximum atomic E-state index is 15.4. The van der Waals surface area contributed by atoms with Crippen molar-refractivity contribution >= 4 is 88.8 Å². The number of nitrogens with two attached hydrogens (primary N) is 4. The number of esters is 1. The van der Waals surface area contributed by atoms with Crippen molar-refractivity contribution in [1.82, 2.24) is 53.2 Å². The summed E-state index contributed by atoms with van der Waals surface area (Å²) in [6.07, 6.45) is -13.4. The number of hydrogen-bond acceptors (Lipinski definition) is 21. The van der Waals surface area contributed by atoms with Gasteiger partial charge >= 0.3 is 30.3 Å².